The maximum absolute atomic E-state index is 11.6. The van der Waals surface area contributed by atoms with Gasteiger partial charge in [0.15, 0.2) is 9.84 Å². The summed E-state index contributed by atoms with van der Waals surface area (Å²) < 4.78 is 28.9. The Morgan fingerprint density at radius 1 is 1.40 bits per heavy atom. The fourth-order valence-electron chi connectivity index (χ4n) is 2.44. The van der Waals surface area contributed by atoms with Gasteiger partial charge in [0, 0.05) is 24.3 Å². The number of nitrogen functional groups attached to an aromatic ring is 1. The minimum atomic E-state index is -2.91. The van der Waals surface area contributed by atoms with Crippen molar-refractivity contribution in [1.82, 2.24) is 0 Å². The molecule has 0 spiro atoms. The van der Waals surface area contributed by atoms with E-state index in [-0.39, 0.29) is 23.7 Å². The van der Waals surface area contributed by atoms with Gasteiger partial charge in [-0.2, -0.15) is 0 Å². The summed E-state index contributed by atoms with van der Waals surface area (Å²) in [6, 6.07) is 5.58. The van der Waals surface area contributed by atoms with E-state index >= 15 is 0 Å². The zero-order valence-corrected chi connectivity index (χ0v) is 13.0. The molecule has 0 amide bonds. The van der Waals surface area contributed by atoms with E-state index in [1.807, 2.05) is 39.0 Å². The van der Waals surface area contributed by atoms with E-state index < -0.39 is 9.84 Å². The number of sulfone groups is 1. The minimum absolute atomic E-state index is 0.0377. The zero-order valence-electron chi connectivity index (χ0n) is 12.2. The maximum Gasteiger partial charge on any atom is 0.154 e. The molecule has 0 radical (unpaired) electrons. The number of anilines is 2. The maximum atomic E-state index is 11.6. The highest BCUT2D eigenvalue weighted by Crippen LogP contribution is 2.30. The first-order valence-electron chi connectivity index (χ1n) is 6.82. The van der Waals surface area contributed by atoms with Crippen molar-refractivity contribution >= 4 is 21.2 Å². The van der Waals surface area contributed by atoms with Crippen molar-refractivity contribution in [2.45, 2.75) is 32.9 Å². The molecule has 1 unspecified atom stereocenters. The summed E-state index contributed by atoms with van der Waals surface area (Å²) in [6.07, 6.45) is 0.0479. The third-order valence-corrected chi connectivity index (χ3v) is 5.16. The summed E-state index contributed by atoms with van der Waals surface area (Å²) in [5, 5.41) is 0. The third-order valence-electron chi connectivity index (χ3n) is 3.36. The normalized spacial score (nSPS) is 22.0. The second-order valence-electron chi connectivity index (χ2n) is 5.55. The second kappa shape index (κ2) is 5.52. The number of benzene rings is 1. The van der Waals surface area contributed by atoms with E-state index in [9.17, 15) is 8.42 Å². The van der Waals surface area contributed by atoms with Crippen LogP contribution in [0.1, 0.15) is 20.8 Å². The van der Waals surface area contributed by atoms with Gasteiger partial charge in [-0.3, -0.25) is 0 Å². The van der Waals surface area contributed by atoms with Gasteiger partial charge in [-0.1, -0.05) is 0 Å². The molecule has 1 fully saturated rings. The lowest BCUT2D eigenvalue weighted by Gasteiger charge is -2.35. The van der Waals surface area contributed by atoms with Gasteiger partial charge >= 0.3 is 0 Å². The Labute approximate surface area is 120 Å². The monoisotopic (exact) mass is 298 g/mol. The lowest BCUT2D eigenvalue weighted by molar-refractivity contribution is 0.244. The van der Waals surface area contributed by atoms with Crippen molar-refractivity contribution in [3.63, 3.8) is 0 Å². The van der Waals surface area contributed by atoms with Crippen LogP contribution in [0.5, 0.6) is 5.75 Å². The van der Waals surface area contributed by atoms with Crippen LogP contribution in [0.25, 0.3) is 0 Å². The van der Waals surface area contributed by atoms with Crippen LogP contribution < -0.4 is 15.4 Å². The van der Waals surface area contributed by atoms with E-state index in [1.54, 1.807) is 0 Å². The SMILES string of the molecule is CC(C)Oc1cc(N2CCS(=O)(=O)CC2C)ccc1N. The molecule has 0 bridgehead atoms. The van der Waals surface area contributed by atoms with E-state index in [0.717, 1.165) is 5.69 Å². The summed E-state index contributed by atoms with van der Waals surface area (Å²) in [6.45, 7) is 6.33. The summed E-state index contributed by atoms with van der Waals surface area (Å²) in [5.74, 6) is 1.04. The zero-order chi connectivity index (χ0) is 14.9. The lowest BCUT2D eigenvalue weighted by atomic mass is 10.2. The molecule has 0 aromatic heterocycles. The van der Waals surface area contributed by atoms with Gasteiger partial charge in [-0.05, 0) is 32.9 Å². The molecule has 5 nitrogen and oxygen atoms in total. The van der Waals surface area contributed by atoms with Crippen LogP contribution in [-0.4, -0.2) is 38.6 Å². The van der Waals surface area contributed by atoms with Crippen molar-refractivity contribution in [2.24, 2.45) is 0 Å². The van der Waals surface area contributed by atoms with Gasteiger partial charge in [-0.15, -0.1) is 0 Å². The largest absolute Gasteiger partial charge is 0.489 e. The summed E-state index contributed by atoms with van der Waals surface area (Å²) in [5.41, 5.74) is 7.46. The van der Waals surface area contributed by atoms with E-state index in [0.29, 0.717) is 18.0 Å². The van der Waals surface area contributed by atoms with Crippen molar-refractivity contribution in [3.8, 4) is 5.75 Å². The number of nitrogens with zero attached hydrogens (tertiary/aromatic N) is 1. The van der Waals surface area contributed by atoms with Crippen LogP contribution in [0.2, 0.25) is 0 Å². The average molecular weight is 298 g/mol. The van der Waals surface area contributed by atoms with Crippen molar-refractivity contribution in [1.29, 1.82) is 0 Å². The molecule has 2 N–H and O–H groups in total. The predicted molar refractivity (Wildman–Crippen MR) is 82.1 cm³/mol. The lowest BCUT2D eigenvalue weighted by Crippen LogP contribution is -2.47. The Morgan fingerprint density at radius 3 is 2.70 bits per heavy atom. The summed E-state index contributed by atoms with van der Waals surface area (Å²) in [7, 11) is -2.91. The van der Waals surface area contributed by atoms with Gasteiger partial charge in [0.1, 0.15) is 5.75 Å². The molecular formula is C14H22N2O3S. The highest BCUT2D eigenvalue weighted by molar-refractivity contribution is 7.91. The molecule has 20 heavy (non-hydrogen) atoms. The molecule has 1 aliphatic heterocycles. The van der Waals surface area contributed by atoms with Gasteiger partial charge in [0.25, 0.3) is 0 Å². The molecule has 2 rings (SSSR count). The van der Waals surface area contributed by atoms with Crippen LogP contribution in [0.15, 0.2) is 18.2 Å². The Kier molecular flexibility index (Phi) is 4.13. The Balaban J connectivity index is 2.25. The van der Waals surface area contributed by atoms with Crippen molar-refractivity contribution in [2.75, 3.05) is 28.7 Å². The number of nitrogens with two attached hydrogens (primary N) is 1. The third kappa shape index (κ3) is 3.36. The standard InChI is InChI=1S/C14H22N2O3S/c1-10(2)19-14-8-12(4-5-13(14)15)16-6-7-20(17,18)9-11(16)3/h4-5,8,10-11H,6-7,9,15H2,1-3H3. The van der Waals surface area contributed by atoms with Crippen LogP contribution in [0.3, 0.4) is 0 Å². The molecule has 0 saturated carbocycles. The second-order valence-corrected chi connectivity index (χ2v) is 7.77. The quantitative estimate of drug-likeness (QED) is 0.860. The summed E-state index contributed by atoms with van der Waals surface area (Å²) in [4.78, 5) is 2.09. The van der Waals surface area contributed by atoms with Crippen LogP contribution in [0.4, 0.5) is 11.4 Å². The van der Waals surface area contributed by atoms with Crippen molar-refractivity contribution < 1.29 is 13.2 Å². The summed E-state index contributed by atoms with van der Waals surface area (Å²) >= 11 is 0. The number of hydrogen-bond acceptors (Lipinski definition) is 5. The van der Waals surface area contributed by atoms with E-state index in [4.69, 9.17) is 10.5 Å². The Hall–Kier alpha value is -1.43. The fraction of sp³-hybridized carbons (Fsp3) is 0.571. The van der Waals surface area contributed by atoms with Gasteiger partial charge in [0.05, 0.1) is 23.3 Å². The van der Waals surface area contributed by atoms with E-state index in [1.165, 1.54) is 0 Å². The van der Waals surface area contributed by atoms with Crippen molar-refractivity contribution in [3.05, 3.63) is 18.2 Å². The average Bonchev–Trinajstić information content (AvgIpc) is 2.31. The fourth-order valence-corrected chi connectivity index (χ4v) is 4.00. The first-order chi connectivity index (χ1) is 9.28. The van der Waals surface area contributed by atoms with Crippen LogP contribution in [-0.2, 0) is 9.84 Å². The number of ether oxygens (including phenoxy) is 1. The first-order valence-corrected chi connectivity index (χ1v) is 8.64. The van der Waals surface area contributed by atoms with Gasteiger partial charge in [-0.25, -0.2) is 8.42 Å². The predicted octanol–water partition coefficient (Wildman–Crippen LogP) is 1.68. The smallest absolute Gasteiger partial charge is 0.154 e. The highest BCUT2D eigenvalue weighted by atomic mass is 32.2. The van der Waals surface area contributed by atoms with Crippen LogP contribution >= 0.6 is 0 Å². The van der Waals surface area contributed by atoms with Crippen LogP contribution in [0, 0.1) is 0 Å². The number of hydrogen-bond donors (Lipinski definition) is 1. The molecule has 6 heteroatoms. The van der Waals surface area contributed by atoms with E-state index in [2.05, 4.69) is 4.90 Å². The molecule has 1 aliphatic rings. The number of rotatable bonds is 3. The van der Waals surface area contributed by atoms with Gasteiger partial charge < -0.3 is 15.4 Å². The Bertz CT molecular complexity index is 584. The molecule has 0 aliphatic carbocycles. The molecule has 1 atom stereocenters. The Morgan fingerprint density at radius 2 is 2.10 bits per heavy atom. The first kappa shape index (κ1) is 15.0. The van der Waals surface area contributed by atoms with Gasteiger partial charge in [0.2, 0.25) is 0 Å². The molecule has 1 heterocycles. The molecule has 1 aromatic rings. The minimum Gasteiger partial charge on any atom is -0.489 e. The highest BCUT2D eigenvalue weighted by Gasteiger charge is 2.28. The molecule has 1 saturated heterocycles. The topological polar surface area (TPSA) is 72.6 Å². The molecule has 112 valence electrons. The molecular weight excluding hydrogens is 276 g/mol. The molecule has 1 aromatic carbocycles.